The molecule has 5 rings (SSSR count). The molecule has 0 unspecified atom stereocenters. The number of fused-ring (bicyclic) bond motifs is 2. The van der Waals surface area contributed by atoms with Gasteiger partial charge >= 0.3 is 0 Å². The molecule has 1 saturated heterocycles. The lowest BCUT2D eigenvalue weighted by Crippen LogP contribution is -2.50. The molecule has 1 N–H and O–H groups in total. The lowest BCUT2D eigenvalue weighted by atomic mass is 10.0. The Morgan fingerprint density at radius 2 is 1.86 bits per heavy atom. The molecule has 1 spiro atoms. The molecule has 2 heterocycles. The van der Waals surface area contributed by atoms with Crippen LogP contribution in [0.3, 0.4) is 0 Å². The number of para-hydroxylation sites is 2. The highest BCUT2D eigenvalue weighted by Crippen LogP contribution is 2.55. The molecule has 3 amide bonds. The van der Waals surface area contributed by atoms with Crippen LogP contribution in [0.15, 0.2) is 66.7 Å². The van der Waals surface area contributed by atoms with E-state index in [1.54, 1.807) is 30.3 Å². The summed E-state index contributed by atoms with van der Waals surface area (Å²) in [5.74, 6) is -0.922. The van der Waals surface area contributed by atoms with Crippen molar-refractivity contribution >= 4 is 46.5 Å². The van der Waals surface area contributed by atoms with Gasteiger partial charge in [0.05, 0.1) is 24.2 Å². The normalized spacial score (nSPS) is 18.8. The fourth-order valence-corrected chi connectivity index (χ4v) is 5.90. The van der Waals surface area contributed by atoms with E-state index in [1.165, 1.54) is 52.9 Å². The molecule has 2 aliphatic heterocycles. The van der Waals surface area contributed by atoms with Crippen molar-refractivity contribution in [1.29, 1.82) is 0 Å². The minimum Gasteiger partial charge on any atom is -0.495 e. The van der Waals surface area contributed by atoms with Gasteiger partial charge in [0.25, 0.3) is 5.91 Å². The van der Waals surface area contributed by atoms with Crippen LogP contribution in [0, 0.1) is 12.7 Å². The number of nitrogens with zero attached hydrogens (tertiary/aromatic N) is 2. The highest BCUT2D eigenvalue weighted by molar-refractivity contribution is 8.02. The first-order chi connectivity index (χ1) is 16.8. The van der Waals surface area contributed by atoms with Crippen molar-refractivity contribution in [2.45, 2.75) is 11.8 Å². The van der Waals surface area contributed by atoms with Crippen LogP contribution >= 0.6 is 11.8 Å². The van der Waals surface area contributed by atoms with Gasteiger partial charge in [0, 0.05) is 11.3 Å². The number of methoxy groups -OCH3 is 1. The second kappa shape index (κ2) is 8.74. The highest BCUT2D eigenvalue weighted by atomic mass is 32.2. The third kappa shape index (κ3) is 3.72. The molecule has 178 valence electrons. The summed E-state index contributed by atoms with van der Waals surface area (Å²) >= 11 is 1.21. The molecular weight excluding hydrogens is 469 g/mol. The predicted octanol–water partition coefficient (Wildman–Crippen LogP) is 4.06. The van der Waals surface area contributed by atoms with Crippen LogP contribution in [0.4, 0.5) is 21.5 Å². The van der Waals surface area contributed by atoms with Gasteiger partial charge in [-0.05, 0) is 49.4 Å². The molecule has 1 fully saturated rings. The maximum absolute atomic E-state index is 14.0. The van der Waals surface area contributed by atoms with E-state index >= 15 is 0 Å². The average molecular weight is 492 g/mol. The number of rotatable bonds is 5. The van der Waals surface area contributed by atoms with Crippen LogP contribution in [0.1, 0.15) is 11.1 Å². The van der Waals surface area contributed by atoms with Crippen LogP contribution in [0.5, 0.6) is 5.75 Å². The Balaban J connectivity index is 1.53. The van der Waals surface area contributed by atoms with E-state index in [0.29, 0.717) is 28.4 Å². The molecule has 0 saturated carbocycles. The Morgan fingerprint density at radius 1 is 1.11 bits per heavy atom. The molecule has 0 radical (unpaired) electrons. The summed E-state index contributed by atoms with van der Waals surface area (Å²) in [6.07, 6.45) is 0. The van der Waals surface area contributed by atoms with Crippen LogP contribution in [-0.2, 0) is 19.3 Å². The van der Waals surface area contributed by atoms with Gasteiger partial charge in [-0.15, -0.1) is 11.8 Å². The number of benzene rings is 3. The zero-order chi connectivity index (χ0) is 24.7. The maximum Gasteiger partial charge on any atom is 0.269 e. The summed E-state index contributed by atoms with van der Waals surface area (Å²) < 4.78 is 18.9. The summed E-state index contributed by atoms with van der Waals surface area (Å²) in [6.45, 7) is 1.65. The number of carbonyl (C=O) groups is 3. The molecule has 7 nitrogen and oxygen atoms in total. The van der Waals surface area contributed by atoms with Crippen LogP contribution in [0.2, 0.25) is 0 Å². The minimum absolute atomic E-state index is 0.0811. The number of hydrogen-bond acceptors (Lipinski definition) is 5. The first-order valence-electron chi connectivity index (χ1n) is 10.9. The minimum atomic E-state index is -1.37. The Labute approximate surface area is 205 Å². The topological polar surface area (TPSA) is 79.0 Å². The van der Waals surface area contributed by atoms with Gasteiger partial charge in [0.2, 0.25) is 16.7 Å². The number of carbonyl (C=O) groups excluding carboxylic acids is 3. The van der Waals surface area contributed by atoms with E-state index in [4.69, 9.17) is 4.74 Å². The van der Waals surface area contributed by atoms with Gasteiger partial charge < -0.3 is 10.1 Å². The molecule has 0 aliphatic carbocycles. The van der Waals surface area contributed by atoms with E-state index in [0.717, 1.165) is 5.56 Å². The Kier molecular flexibility index (Phi) is 5.72. The van der Waals surface area contributed by atoms with Crippen LogP contribution in [-0.4, -0.2) is 37.1 Å². The molecule has 1 atom stereocenters. The molecule has 0 bridgehead atoms. The van der Waals surface area contributed by atoms with Crippen LogP contribution < -0.4 is 19.9 Å². The molecular formula is C26H22FN3O4S. The van der Waals surface area contributed by atoms with E-state index < -0.39 is 22.5 Å². The number of amides is 3. The monoisotopic (exact) mass is 491 g/mol. The summed E-state index contributed by atoms with van der Waals surface area (Å²) in [6, 6.07) is 18.0. The second-order valence-electron chi connectivity index (χ2n) is 8.30. The van der Waals surface area contributed by atoms with E-state index in [1.807, 2.05) is 19.1 Å². The van der Waals surface area contributed by atoms with Gasteiger partial charge in [0.1, 0.15) is 18.1 Å². The zero-order valence-corrected chi connectivity index (χ0v) is 19.9. The molecule has 3 aromatic carbocycles. The Bertz CT molecular complexity index is 1350. The molecule has 35 heavy (non-hydrogen) atoms. The van der Waals surface area contributed by atoms with Gasteiger partial charge in [-0.2, -0.15) is 0 Å². The number of nitrogens with one attached hydrogen (secondary N) is 1. The second-order valence-corrected chi connectivity index (χ2v) is 9.47. The van der Waals surface area contributed by atoms with Crippen molar-refractivity contribution in [2.75, 3.05) is 34.5 Å². The predicted molar refractivity (Wildman–Crippen MR) is 133 cm³/mol. The van der Waals surface area contributed by atoms with Crippen LogP contribution in [0.25, 0.3) is 0 Å². The van der Waals surface area contributed by atoms with Crippen molar-refractivity contribution in [3.63, 3.8) is 0 Å². The van der Waals surface area contributed by atoms with Gasteiger partial charge in [-0.25, -0.2) is 4.39 Å². The number of anilines is 3. The third-order valence-corrected chi connectivity index (χ3v) is 7.47. The summed E-state index contributed by atoms with van der Waals surface area (Å²) in [4.78, 5) is 41.6. The largest absolute Gasteiger partial charge is 0.495 e. The van der Waals surface area contributed by atoms with E-state index in [-0.39, 0.29) is 18.2 Å². The van der Waals surface area contributed by atoms with Crippen molar-refractivity contribution < 1.29 is 23.5 Å². The number of ether oxygens (including phenoxy) is 1. The van der Waals surface area contributed by atoms with Crippen molar-refractivity contribution in [1.82, 2.24) is 0 Å². The number of thioether (sulfide) groups is 1. The summed E-state index contributed by atoms with van der Waals surface area (Å²) in [5.41, 5.74) is 3.01. The average Bonchev–Trinajstić information content (AvgIpc) is 3.30. The Morgan fingerprint density at radius 3 is 2.60 bits per heavy atom. The van der Waals surface area contributed by atoms with Crippen molar-refractivity contribution in [3.8, 4) is 5.75 Å². The van der Waals surface area contributed by atoms with Gasteiger partial charge in [0.15, 0.2) is 0 Å². The van der Waals surface area contributed by atoms with Gasteiger partial charge in [-0.1, -0.05) is 29.8 Å². The summed E-state index contributed by atoms with van der Waals surface area (Å²) in [7, 11) is 1.51. The fraction of sp³-hybridized carbons (Fsp3) is 0.192. The lowest BCUT2D eigenvalue weighted by molar-refractivity contribution is -0.124. The zero-order valence-electron chi connectivity index (χ0n) is 19.1. The smallest absolute Gasteiger partial charge is 0.269 e. The quantitative estimate of drug-likeness (QED) is 0.582. The van der Waals surface area contributed by atoms with Crippen molar-refractivity contribution in [3.05, 3.63) is 83.7 Å². The first kappa shape index (κ1) is 22.9. The molecule has 2 aliphatic rings. The van der Waals surface area contributed by atoms with E-state index in [2.05, 4.69) is 5.32 Å². The standard InChI is InChI=1S/C26H22FN3O4S/c1-16-7-12-21-19(13-16)26(30(24(32)15-35-26)18-10-8-17(27)9-11-18)25(33)29(21)14-23(31)28-20-5-3-4-6-22(20)34-2/h3-13H,14-15H2,1-2H3,(H,28,31)/t26-/m0/s1. The molecule has 9 heteroatoms. The lowest BCUT2D eigenvalue weighted by Gasteiger charge is -2.33. The maximum atomic E-state index is 14.0. The SMILES string of the molecule is COc1ccccc1NC(=O)CN1C(=O)[C@@]2(SCC(=O)N2c2ccc(F)cc2)c2cc(C)ccc21. The first-order valence-corrected chi connectivity index (χ1v) is 11.9. The molecule has 0 aromatic heterocycles. The third-order valence-electron chi connectivity index (χ3n) is 6.08. The fourth-order valence-electron chi connectivity index (χ4n) is 4.54. The molecule has 3 aromatic rings. The number of aryl methyl sites for hydroxylation is 1. The number of halogens is 1. The van der Waals surface area contributed by atoms with E-state index in [9.17, 15) is 18.8 Å². The summed E-state index contributed by atoms with van der Waals surface area (Å²) in [5, 5.41) is 2.80. The Hall–Kier alpha value is -3.85. The van der Waals surface area contributed by atoms with Crippen molar-refractivity contribution in [2.24, 2.45) is 0 Å². The van der Waals surface area contributed by atoms with Gasteiger partial charge in [-0.3, -0.25) is 24.2 Å². The number of hydrogen-bond donors (Lipinski definition) is 1. The highest BCUT2D eigenvalue weighted by Gasteiger charge is 2.61.